The molecule has 0 fully saturated rings. The molecule has 0 unspecified atom stereocenters. The van der Waals surface area contributed by atoms with Gasteiger partial charge in [0, 0.05) is 5.69 Å². The van der Waals surface area contributed by atoms with E-state index >= 15 is 0 Å². The van der Waals surface area contributed by atoms with E-state index in [4.69, 9.17) is 17.0 Å². The Bertz CT molecular complexity index is 573. The number of hydrogen-bond acceptors (Lipinski definition) is 3. The van der Waals surface area contributed by atoms with Crippen LogP contribution in [0.25, 0.3) is 0 Å². The second kappa shape index (κ2) is 7.25. The largest absolute Gasteiger partial charge is 0.444 e. The molecular formula is C15H14N2O2S. The van der Waals surface area contributed by atoms with Gasteiger partial charge in [0.1, 0.15) is 6.61 Å². The number of anilines is 1. The number of carbonyl (C=O) groups is 1. The minimum Gasteiger partial charge on any atom is -0.444 e. The minimum absolute atomic E-state index is 0.203. The molecule has 0 aromatic heterocycles. The Morgan fingerprint density at radius 2 is 1.60 bits per heavy atom. The van der Waals surface area contributed by atoms with E-state index in [9.17, 15) is 4.79 Å². The zero-order chi connectivity index (χ0) is 14.2. The van der Waals surface area contributed by atoms with E-state index in [-0.39, 0.29) is 11.7 Å². The topological polar surface area (TPSA) is 50.4 Å². The van der Waals surface area contributed by atoms with Crippen LogP contribution in [0.4, 0.5) is 10.5 Å². The summed E-state index contributed by atoms with van der Waals surface area (Å²) in [6.07, 6.45) is -0.581. The summed E-state index contributed by atoms with van der Waals surface area (Å²) in [6, 6.07) is 18.8. The molecule has 0 radical (unpaired) electrons. The summed E-state index contributed by atoms with van der Waals surface area (Å²) in [6.45, 7) is 0.209. The molecular weight excluding hydrogens is 272 g/mol. The fourth-order valence-electron chi connectivity index (χ4n) is 1.54. The lowest BCUT2D eigenvalue weighted by Gasteiger charge is -2.10. The van der Waals surface area contributed by atoms with Crippen LogP contribution in [0.5, 0.6) is 0 Å². The van der Waals surface area contributed by atoms with Gasteiger partial charge in [0.05, 0.1) is 0 Å². The van der Waals surface area contributed by atoms with Crippen LogP contribution in [0.2, 0.25) is 0 Å². The van der Waals surface area contributed by atoms with Crippen molar-refractivity contribution in [3.8, 4) is 0 Å². The molecule has 2 aromatic rings. The van der Waals surface area contributed by atoms with Gasteiger partial charge in [-0.1, -0.05) is 48.5 Å². The molecule has 4 nitrogen and oxygen atoms in total. The van der Waals surface area contributed by atoms with E-state index in [1.165, 1.54) is 0 Å². The Labute approximate surface area is 122 Å². The van der Waals surface area contributed by atoms with Crippen molar-refractivity contribution < 1.29 is 9.53 Å². The fourth-order valence-corrected chi connectivity index (χ4v) is 1.74. The van der Waals surface area contributed by atoms with Crippen LogP contribution in [-0.2, 0) is 11.3 Å². The lowest BCUT2D eigenvalue weighted by molar-refractivity contribution is 0.145. The first-order valence-corrected chi connectivity index (χ1v) is 6.48. The molecule has 0 aliphatic heterocycles. The lowest BCUT2D eigenvalue weighted by atomic mass is 10.2. The third kappa shape index (κ3) is 4.70. The highest BCUT2D eigenvalue weighted by Crippen LogP contribution is 2.04. The Morgan fingerprint density at radius 1 is 1.00 bits per heavy atom. The maximum absolute atomic E-state index is 11.6. The minimum atomic E-state index is -0.581. The number of rotatable bonds is 3. The highest BCUT2D eigenvalue weighted by atomic mass is 32.1. The third-order valence-electron chi connectivity index (χ3n) is 2.46. The molecule has 102 valence electrons. The maximum Gasteiger partial charge on any atom is 0.413 e. The second-order valence-corrected chi connectivity index (χ2v) is 4.42. The molecule has 0 atom stereocenters. The average Bonchev–Trinajstić information content (AvgIpc) is 2.47. The van der Waals surface area contributed by atoms with Gasteiger partial charge >= 0.3 is 6.09 Å². The fraction of sp³-hybridized carbons (Fsp3) is 0.0667. The lowest BCUT2D eigenvalue weighted by Crippen LogP contribution is -2.34. The van der Waals surface area contributed by atoms with Crippen molar-refractivity contribution in [1.29, 1.82) is 0 Å². The maximum atomic E-state index is 11.6. The highest BCUT2D eigenvalue weighted by molar-refractivity contribution is 7.80. The first-order valence-electron chi connectivity index (χ1n) is 6.08. The molecule has 0 aliphatic rings. The normalized spacial score (nSPS) is 9.60. The van der Waals surface area contributed by atoms with Crippen molar-refractivity contribution >= 4 is 29.1 Å². The highest BCUT2D eigenvalue weighted by Gasteiger charge is 2.05. The van der Waals surface area contributed by atoms with Crippen LogP contribution in [0.1, 0.15) is 5.56 Å². The number of para-hydroxylation sites is 1. The summed E-state index contributed by atoms with van der Waals surface area (Å²) in [7, 11) is 0. The number of benzene rings is 2. The summed E-state index contributed by atoms with van der Waals surface area (Å²) in [5.41, 5.74) is 1.73. The standard InChI is InChI=1S/C15H14N2O2S/c18-15(19-11-12-7-3-1-4-8-12)17-14(20)16-13-9-5-2-6-10-13/h1-10H,11H2,(H2,16,17,18,20). The molecule has 0 spiro atoms. The molecule has 0 aliphatic carbocycles. The Balaban J connectivity index is 1.75. The molecule has 2 rings (SSSR count). The van der Waals surface area contributed by atoms with Gasteiger partial charge in [-0.15, -0.1) is 0 Å². The molecule has 0 saturated carbocycles. The van der Waals surface area contributed by atoms with E-state index in [0.29, 0.717) is 0 Å². The number of nitrogens with one attached hydrogen (secondary N) is 2. The van der Waals surface area contributed by atoms with Crippen molar-refractivity contribution in [3.63, 3.8) is 0 Å². The first-order chi connectivity index (χ1) is 9.74. The van der Waals surface area contributed by atoms with E-state index in [0.717, 1.165) is 11.3 Å². The summed E-state index contributed by atoms with van der Waals surface area (Å²) < 4.78 is 5.06. The van der Waals surface area contributed by atoms with E-state index in [1.54, 1.807) is 0 Å². The van der Waals surface area contributed by atoms with Gasteiger partial charge in [-0.3, -0.25) is 5.32 Å². The number of thiocarbonyl (C=S) groups is 1. The van der Waals surface area contributed by atoms with Crippen molar-refractivity contribution in [1.82, 2.24) is 5.32 Å². The quantitative estimate of drug-likeness (QED) is 0.850. The van der Waals surface area contributed by atoms with Crippen LogP contribution in [-0.4, -0.2) is 11.2 Å². The first kappa shape index (κ1) is 14.0. The molecule has 5 heteroatoms. The zero-order valence-electron chi connectivity index (χ0n) is 10.7. The number of hydrogen-bond donors (Lipinski definition) is 2. The van der Waals surface area contributed by atoms with Crippen molar-refractivity contribution in [2.24, 2.45) is 0 Å². The van der Waals surface area contributed by atoms with E-state index in [2.05, 4.69) is 10.6 Å². The van der Waals surface area contributed by atoms with Crippen LogP contribution in [0.15, 0.2) is 60.7 Å². The summed E-state index contributed by atoms with van der Waals surface area (Å²) >= 11 is 5.02. The molecule has 2 N–H and O–H groups in total. The SMILES string of the molecule is O=C(NC(=S)Nc1ccccc1)OCc1ccccc1. The Kier molecular flexibility index (Phi) is 5.08. The van der Waals surface area contributed by atoms with E-state index in [1.807, 2.05) is 60.7 Å². The third-order valence-corrected chi connectivity index (χ3v) is 2.66. The summed E-state index contributed by atoms with van der Waals surface area (Å²) in [5, 5.41) is 5.55. The van der Waals surface area contributed by atoms with Crippen LogP contribution >= 0.6 is 12.2 Å². The summed E-state index contributed by atoms with van der Waals surface area (Å²) in [4.78, 5) is 11.6. The van der Waals surface area contributed by atoms with Gasteiger partial charge in [-0.25, -0.2) is 4.79 Å². The molecule has 20 heavy (non-hydrogen) atoms. The van der Waals surface area contributed by atoms with Gasteiger partial charge < -0.3 is 10.1 Å². The Morgan fingerprint density at radius 3 is 2.25 bits per heavy atom. The monoisotopic (exact) mass is 286 g/mol. The van der Waals surface area contributed by atoms with Crippen molar-refractivity contribution in [2.45, 2.75) is 6.61 Å². The van der Waals surface area contributed by atoms with Crippen LogP contribution in [0, 0.1) is 0 Å². The van der Waals surface area contributed by atoms with Crippen molar-refractivity contribution in [2.75, 3.05) is 5.32 Å². The number of carbonyl (C=O) groups excluding carboxylic acids is 1. The van der Waals surface area contributed by atoms with Gasteiger partial charge in [-0.2, -0.15) is 0 Å². The molecule has 0 heterocycles. The summed E-state index contributed by atoms with van der Waals surface area (Å²) in [5.74, 6) is 0. The second-order valence-electron chi connectivity index (χ2n) is 4.01. The molecule has 0 saturated heterocycles. The molecule has 2 aromatic carbocycles. The van der Waals surface area contributed by atoms with Gasteiger partial charge in [0.2, 0.25) is 0 Å². The molecule has 0 bridgehead atoms. The number of alkyl carbamates (subject to hydrolysis) is 1. The average molecular weight is 286 g/mol. The van der Waals surface area contributed by atoms with E-state index < -0.39 is 6.09 Å². The van der Waals surface area contributed by atoms with Crippen LogP contribution in [0.3, 0.4) is 0 Å². The van der Waals surface area contributed by atoms with Crippen molar-refractivity contribution in [3.05, 3.63) is 66.2 Å². The predicted molar refractivity (Wildman–Crippen MR) is 82.4 cm³/mol. The predicted octanol–water partition coefficient (Wildman–Crippen LogP) is 3.31. The van der Waals surface area contributed by atoms with Crippen LogP contribution < -0.4 is 10.6 Å². The van der Waals surface area contributed by atoms with Gasteiger partial charge in [-0.05, 0) is 29.9 Å². The number of amides is 1. The zero-order valence-corrected chi connectivity index (χ0v) is 11.5. The van der Waals surface area contributed by atoms with Gasteiger partial charge in [0.25, 0.3) is 0 Å². The molecule has 1 amide bonds. The smallest absolute Gasteiger partial charge is 0.413 e. The number of ether oxygens (including phenoxy) is 1. The Hall–Kier alpha value is -2.40. The van der Waals surface area contributed by atoms with Gasteiger partial charge in [0.15, 0.2) is 5.11 Å².